The Morgan fingerprint density at radius 3 is 2.86 bits per heavy atom. The van der Waals surface area contributed by atoms with Crippen LogP contribution >= 0.6 is 0 Å². The van der Waals surface area contributed by atoms with Crippen molar-refractivity contribution in [1.29, 1.82) is 0 Å². The van der Waals surface area contributed by atoms with E-state index in [2.05, 4.69) is 20.3 Å². The molecule has 0 fully saturated rings. The van der Waals surface area contributed by atoms with Crippen LogP contribution in [0, 0.1) is 0 Å². The van der Waals surface area contributed by atoms with Crippen molar-refractivity contribution in [2.75, 3.05) is 6.61 Å². The summed E-state index contributed by atoms with van der Waals surface area (Å²) >= 11 is 0. The summed E-state index contributed by atoms with van der Waals surface area (Å²) in [5.41, 5.74) is 0.104. The topological polar surface area (TPSA) is 83.5 Å². The van der Waals surface area contributed by atoms with E-state index in [0.717, 1.165) is 9.36 Å². The number of rotatable bonds is 6. The summed E-state index contributed by atoms with van der Waals surface area (Å²) in [5.74, 6) is 0.0522. The molecule has 2 rings (SSSR count). The van der Waals surface area contributed by atoms with Crippen LogP contribution in [0.5, 0.6) is 0 Å². The van der Waals surface area contributed by atoms with Crippen molar-refractivity contribution in [3.05, 3.63) is 27.9 Å². The highest BCUT2D eigenvalue weighted by Crippen LogP contribution is 2.29. The van der Waals surface area contributed by atoms with Crippen molar-refractivity contribution in [1.82, 2.24) is 19.8 Å². The van der Waals surface area contributed by atoms with Crippen LogP contribution in [-0.2, 0) is 16.6 Å². The van der Waals surface area contributed by atoms with E-state index in [1.54, 1.807) is 13.0 Å². The van der Waals surface area contributed by atoms with Gasteiger partial charge in [0.2, 0.25) is 0 Å². The largest absolute Gasteiger partial charge is 0.439 e. The molecule has 1 aliphatic carbocycles. The number of oxime groups is 1. The van der Waals surface area contributed by atoms with Crippen molar-refractivity contribution in [3.8, 4) is 0 Å². The van der Waals surface area contributed by atoms with Crippen LogP contribution < -0.4 is 5.69 Å². The van der Waals surface area contributed by atoms with Crippen molar-refractivity contribution in [2.45, 2.75) is 26.4 Å². The number of allylic oxidation sites excluding steroid dienone is 2. The van der Waals surface area contributed by atoms with Gasteiger partial charge in [0.25, 0.3) is 0 Å². The summed E-state index contributed by atoms with van der Waals surface area (Å²) in [6.07, 6.45) is 3.82. The average Bonchev–Trinajstić information content (AvgIpc) is 2.80. The summed E-state index contributed by atoms with van der Waals surface area (Å²) in [7, 11) is 1.44. The molecule has 0 unspecified atom stereocenters. The Morgan fingerprint density at radius 2 is 2.27 bits per heavy atom. The fraction of sp³-hybridized carbons (Fsp3) is 0.500. The first-order valence-corrected chi connectivity index (χ1v) is 6.51. The molecule has 0 aromatic carbocycles. The summed E-state index contributed by atoms with van der Waals surface area (Å²) in [6, 6.07) is 0. The Balaban J connectivity index is 2.41. The molecule has 0 saturated carbocycles. The van der Waals surface area contributed by atoms with E-state index in [1.807, 2.05) is 0 Å². The Bertz CT molecular complexity index is 675. The number of hydrogen-bond acceptors (Lipinski definition) is 6. The zero-order chi connectivity index (χ0) is 16.1. The summed E-state index contributed by atoms with van der Waals surface area (Å²) in [6.45, 7) is -1.44. The first-order chi connectivity index (χ1) is 10.5. The SMILES string of the molecule is C/C=N\OCC1=C(OC(F)F)CCC=C1n1nnn(C)c1=O. The van der Waals surface area contributed by atoms with Gasteiger partial charge < -0.3 is 9.57 Å². The molecule has 0 spiro atoms. The molecule has 1 aromatic rings. The van der Waals surface area contributed by atoms with Gasteiger partial charge in [-0.25, -0.2) is 4.79 Å². The van der Waals surface area contributed by atoms with Crippen LogP contribution in [-0.4, -0.2) is 39.2 Å². The van der Waals surface area contributed by atoms with Crippen molar-refractivity contribution in [2.24, 2.45) is 12.2 Å². The highest BCUT2D eigenvalue weighted by molar-refractivity contribution is 5.66. The van der Waals surface area contributed by atoms with Gasteiger partial charge in [0.15, 0.2) is 0 Å². The number of ether oxygens (including phenoxy) is 1. The Labute approximate surface area is 124 Å². The predicted molar refractivity (Wildman–Crippen MR) is 73.0 cm³/mol. The van der Waals surface area contributed by atoms with Gasteiger partial charge in [-0.2, -0.15) is 18.1 Å². The van der Waals surface area contributed by atoms with Gasteiger partial charge in [-0.3, -0.25) is 0 Å². The van der Waals surface area contributed by atoms with Gasteiger partial charge in [0, 0.05) is 19.7 Å². The molecule has 0 aliphatic heterocycles. The van der Waals surface area contributed by atoms with E-state index in [1.165, 1.54) is 13.3 Å². The van der Waals surface area contributed by atoms with Crippen LogP contribution in [0.25, 0.3) is 5.70 Å². The van der Waals surface area contributed by atoms with Gasteiger partial charge in [-0.05, 0) is 23.8 Å². The second-order valence-electron chi connectivity index (χ2n) is 4.34. The first kappa shape index (κ1) is 15.9. The van der Waals surface area contributed by atoms with E-state index in [-0.39, 0.29) is 18.8 Å². The molecule has 8 nitrogen and oxygen atoms in total. The summed E-state index contributed by atoms with van der Waals surface area (Å²) < 4.78 is 31.7. The standard InChI is InChI=1S/C12H15F2N5O3/c1-3-15-21-7-8-9(19-12(20)18(2)16-17-19)5-4-6-10(8)22-11(13)14/h3,5,11H,4,6-7H2,1-2H3/b15-3-. The normalized spacial score (nSPS) is 15.6. The van der Waals surface area contributed by atoms with Crippen LogP contribution in [0.15, 0.2) is 27.4 Å². The quantitative estimate of drug-likeness (QED) is 0.580. The minimum Gasteiger partial charge on any atom is -0.439 e. The lowest BCUT2D eigenvalue weighted by atomic mass is 10.0. The molecular formula is C12H15F2N5O3. The third kappa shape index (κ3) is 3.38. The Kier molecular flexibility index (Phi) is 5.02. The van der Waals surface area contributed by atoms with Gasteiger partial charge >= 0.3 is 12.3 Å². The Morgan fingerprint density at radius 1 is 1.50 bits per heavy atom. The maximum absolute atomic E-state index is 12.5. The molecule has 120 valence electrons. The van der Waals surface area contributed by atoms with Crippen LogP contribution in [0.3, 0.4) is 0 Å². The lowest BCUT2D eigenvalue weighted by Crippen LogP contribution is -2.26. The highest BCUT2D eigenvalue weighted by Gasteiger charge is 2.24. The zero-order valence-electron chi connectivity index (χ0n) is 12.1. The number of aryl methyl sites for hydroxylation is 1. The summed E-state index contributed by atoms with van der Waals surface area (Å²) in [4.78, 5) is 17.0. The van der Waals surface area contributed by atoms with Crippen molar-refractivity contribution < 1.29 is 18.4 Å². The fourth-order valence-electron chi connectivity index (χ4n) is 2.00. The van der Waals surface area contributed by atoms with E-state index in [0.29, 0.717) is 17.7 Å². The monoisotopic (exact) mass is 315 g/mol. The number of alkyl halides is 2. The van der Waals surface area contributed by atoms with Crippen molar-refractivity contribution >= 4 is 11.9 Å². The molecule has 1 heterocycles. The molecule has 0 bridgehead atoms. The van der Waals surface area contributed by atoms with Crippen LogP contribution in [0.4, 0.5) is 8.78 Å². The lowest BCUT2D eigenvalue weighted by molar-refractivity contribution is -0.0998. The van der Waals surface area contributed by atoms with Gasteiger partial charge in [-0.15, -0.1) is 0 Å². The second kappa shape index (κ2) is 6.96. The highest BCUT2D eigenvalue weighted by atomic mass is 19.3. The molecule has 0 saturated heterocycles. The first-order valence-electron chi connectivity index (χ1n) is 6.51. The zero-order valence-corrected chi connectivity index (χ0v) is 12.1. The fourth-order valence-corrected chi connectivity index (χ4v) is 2.00. The van der Waals surface area contributed by atoms with Crippen LogP contribution in [0.1, 0.15) is 19.8 Å². The minimum atomic E-state index is -2.96. The smallest absolute Gasteiger partial charge is 0.387 e. The molecular weight excluding hydrogens is 300 g/mol. The molecule has 10 heteroatoms. The predicted octanol–water partition coefficient (Wildman–Crippen LogP) is 1.13. The molecule has 22 heavy (non-hydrogen) atoms. The van der Waals surface area contributed by atoms with Gasteiger partial charge in [-0.1, -0.05) is 11.2 Å². The van der Waals surface area contributed by atoms with E-state index < -0.39 is 12.3 Å². The second-order valence-corrected chi connectivity index (χ2v) is 4.34. The number of tetrazole rings is 1. The molecule has 1 aromatic heterocycles. The average molecular weight is 315 g/mol. The number of nitrogens with zero attached hydrogens (tertiary/aromatic N) is 5. The van der Waals surface area contributed by atoms with Gasteiger partial charge in [0.05, 0.1) is 11.3 Å². The Hall–Kier alpha value is -2.52. The maximum Gasteiger partial charge on any atom is 0.387 e. The van der Waals surface area contributed by atoms with E-state index in [4.69, 9.17) is 4.84 Å². The van der Waals surface area contributed by atoms with Gasteiger partial charge in [0.1, 0.15) is 12.4 Å². The van der Waals surface area contributed by atoms with Crippen molar-refractivity contribution in [3.63, 3.8) is 0 Å². The number of halogens is 2. The lowest BCUT2D eigenvalue weighted by Gasteiger charge is -2.20. The maximum atomic E-state index is 12.5. The third-order valence-corrected chi connectivity index (χ3v) is 2.92. The molecule has 0 N–H and O–H groups in total. The molecule has 0 radical (unpaired) electrons. The number of hydrogen-bond donors (Lipinski definition) is 0. The third-order valence-electron chi connectivity index (χ3n) is 2.92. The van der Waals surface area contributed by atoms with E-state index >= 15 is 0 Å². The molecule has 0 atom stereocenters. The molecule has 0 amide bonds. The van der Waals surface area contributed by atoms with E-state index in [9.17, 15) is 13.6 Å². The molecule has 1 aliphatic rings. The number of aromatic nitrogens is 4. The van der Waals surface area contributed by atoms with Crippen LogP contribution in [0.2, 0.25) is 0 Å². The minimum absolute atomic E-state index is 0.0522. The summed E-state index contributed by atoms with van der Waals surface area (Å²) in [5, 5.41) is 10.9.